The summed E-state index contributed by atoms with van der Waals surface area (Å²) in [7, 11) is 0. The quantitative estimate of drug-likeness (QED) is 0.844. The Labute approximate surface area is 109 Å². The van der Waals surface area contributed by atoms with Crippen molar-refractivity contribution in [2.45, 2.75) is 6.92 Å². The molecule has 1 aromatic carbocycles. The molecule has 92 valence electrons. The fraction of sp³-hybridized carbons (Fsp3) is 0.143. The van der Waals surface area contributed by atoms with E-state index in [9.17, 15) is 9.18 Å². The monoisotopic (exact) mass is 261 g/mol. The van der Waals surface area contributed by atoms with Crippen LogP contribution in [0, 0.1) is 5.82 Å². The van der Waals surface area contributed by atoms with E-state index in [0.29, 0.717) is 16.8 Å². The normalized spacial score (nSPS) is 11.2. The van der Waals surface area contributed by atoms with E-state index in [2.05, 4.69) is 4.98 Å². The molecular formula is C14H12FNOS. The Morgan fingerprint density at radius 2 is 2.33 bits per heavy atom. The smallest absolute Gasteiger partial charge is 0.186 e. The Hall–Kier alpha value is -1.68. The van der Waals surface area contributed by atoms with Gasteiger partial charge in [-0.2, -0.15) is 0 Å². The fourth-order valence-electron chi connectivity index (χ4n) is 1.58. The first-order chi connectivity index (χ1) is 8.66. The summed E-state index contributed by atoms with van der Waals surface area (Å²) >= 11 is 1.20. The number of carbonyl (C=O) groups is 1. The second-order valence-corrected chi connectivity index (χ2v) is 4.97. The van der Waals surface area contributed by atoms with Gasteiger partial charge < -0.3 is 0 Å². The molecule has 0 unspecified atom stereocenters. The van der Waals surface area contributed by atoms with Crippen LogP contribution < -0.4 is 0 Å². The van der Waals surface area contributed by atoms with Gasteiger partial charge in [0.05, 0.1) is 5.52 Å². The first-order valence-electron chi connectivity index (χ1n) is 5.51. The summed E-state index contributed by atoms with van der Waals surface area (Å²) in [4.78, 5) is 14.8. The number of hydrogen-bond donors (Lipinski definition) is 0. The van der Waals surface area contributed by atoms with Gasteiger partial charge in [0.25, 0.3) is 0 Å². The summed E-state index contributed by atoms with van der Waals surface area (Å²) < 4.78 is 13.7. The van der Waals surface area contributed by atoms with Gasteiger partial charge in [0.2, 0.25) is 0 Å². The van der Waals surface area contributed by atoms with Crippen molar-refractivity contribution < 1.29 is 9.18 Å². The van der Waals surface area contributed by atoms with Crippen molar-refractivity contribution in [3.05, 3.63) is 47.9 Å². The second kappa shape index (κ2) is 5.78. The molecule has 0 N–H and O–H groups in total. The molecule has 0 saturated heterocycles. The second-order valence-electron chi connectivity index (χ2n) is 3.77. The largest absolute Gasteiger partial charge is 0.288 e. The van der Waals surface area contributed by atoms with Crippen molar-refractivity contribution in [1.82, 2.24) is 4.98 Å². The van der Waals surface area contributed by atoms with Crippen molar-refractivity contribution in [3.63, 3.8) is 0 Å². The predicted molar refractivity (Wildman–Crippen MR) is 73.9 cm³/mol. The minimum Gasteiger partial charge on any atom is -0.288 e. The van der Waals surface area contributed by atoms with Gasteiger partial charge in [-0.15, -0.1) is 0 Å². The highest BCUT2D eigenvalue weighted by molar-refractivity contribution is 8.13. The van der Waals surface area contributed by atoms with Crippen LogP contribution >= 0.6 is 11.8 Å². The van der Waals surface area contributed by atoms with E-state index >= 15 is 0 Å². The number of benzene rings is 1. The molecule has 1 heterocycles. The van der Waals surface area contributed by atoms with E-state index in [1.165, 1.54) is 24.8 Å². The number of nitrogens with zero attached hydrogens (tertiary/aromatic N) is 1. The van der Waals surface area contributed by atoms with Crippen LogP contribution in [-0.2, 0) is 4.79 Å². The number of aromatic nitrogens is 1. The Kier molecular flexibility index (Phi) is 4.10. The van der Waals surface area contributed by atoms with Gasteiger partial charge in [0, 0.05) is 35.9 Å². The maximum absolute atomic E-state index is 13.7. The number of halogens is 1. The van der Waals surface area contributed by atoms with E-state index < -0.39 is 0 Å². The Morgan fingerprint density at radius 3 is 3.11 bits per heavy atom. The molecule has 0 amide bonds. The molecular weight excluding hydrogens is 249 g/mol. The van der Waals surface area contributed by atoms with Crippen LogP contribution in [0.1, 0.15) is 12.5 Å². The van der Waals surface area contributed by atoms with Crippen LogP contribution in [0.2, 0.25) is 0 Å². The third-order valence-electron chi connectivity index (χ3n) is 2.40. The molecule has 0 atom stereocenters. The summed E-state index contributed by atoms with van der Waals surface area (Å²) in [5, 5.41) is 0.959. The Bertz CT molecular complexity index is 610. The number of hydrogen-bond acceptors (Lipinski definition) is 3. The molecule has 0 fully saturated rings. The number of pyridine rings is 1. The molecule has 1 aromatic heterocycles. The van der Waals surface area contributed by atoms with E-state index in [-0.39, 0.29) is 10.9 Å². The molecule has 2 rings (SSSR count). The van der Waals surface area contributed by atoms with Gasteiger partial charge in [0.1, 0.15) is 5.82 Å². The van der Waals surface area contributed by atoms with Gasteiger partial charge in [0.15, 0.2) is 5.12 Å². The molecule has 0 aliphatic rings. The zero-order valence-corrected chi connectivity index (χ0v) is 10.7. The van der Waals surface area contributed by atoms with Gasteiger partial charge in [-0.1, -0.05) is 30.0 Å². The lowest BCUT2D eigenvalue weighted by Gasteiger charge is -2.00. The van der Waals surface area contributed by atoms with Crippen LogP contribution in [0.25, 0.3) is 17.0 Å². The Morgan fingerprint density at radius 1 is 1.50 bits per heavy atom. The predicted octanol–water partition coefficient (Wildman–Crippen LogP) is 3.67. The van der Waals surface area contributed by atoms with E-state index in [1.54, 1.807) is 24.4 Å². The molecule has 0 bridgehead atoms. The third kappa shape index (κ3) is 3.17. The number of carbonyl (C=O) groups excluding carboxylic acids is 1. The molecule has 0 radical (unpaired) electrons. The lowest BCUT2D eigenvalue weighted by molar-refractivity contribution is -0.109. The highest BCUT2D eigenvalue weighted by Gasteiger charge is 2.02. The average Bonchev–Trinajstić information content (AvgIpc) is 2.34. The third-order valence-corrected chi connectivity index (χ3v) is 3.17. The zero-order valence-electron chi connectivity index (χ0n) is 9.89. The minimum atomic E-state index is -0.301. The van der Waals surface area contributed by atoms with Crippen molar-refractivity contribution >= 4 is 33.9 Å². The lowest BCUT2D eigenvalue weighted by Crippen LogP contribution is -1.86. The standard InChI is InChI=1S/C14H12FNOS/c1-10(17)18-7-3-5-11-8-12-4-2-6-16-14(12)9-13(11)15/h2-6,8-9H,7H2,1H3. The molecule has 0 saturated carbocycles. The number of rotatable bonds is 3. The zero-order chi connectivity index (χ0) is 13.0. The van der Waals surface area contributed by atoms with E-state index in [4.69, 9.17) is 0 Å². The van der Waals surface area contributed by atoms with Crippen LogP contribution in [0.15, 0.2) is 36.5 Å². The summed E-state index contributed by atoms with van der Waals surface area (Å²) in [6.07, 6.45) is 5.12. The summed E-state index contributed by atoms with van der Waals surface area (Å²) in [6, 6.07) is 6.89. The van der Waals surface area contributed by atoms with Crippen LogP contribution in [0.5, 0.6) is 0 Å². The van der Waals surface area contributed by atoms with E-state index in [0.717, 1.165) is 5.39 Å². The molecule has 0 aliphatic carbocycles. The number of fused-ring (bicyclic) bond motifs is 1. The molecule has 0 aliphatic heterocycles. The summed E-state index contributed by atoms with van der Waals surface area (Å²) in [6.45, 7) is 1.51. The highest BCUT2D eigenvalue weighted by Crippen LogP contribution is 2.18. The maximum Gasteiger partial charge on any atom is 0.186 e. The first-order valence-corrected chi connectivity index (χ1v) is 6.49. The minimum absolute atomic E-state index is 0.0582. The molecule has 4 heteroatoms. The van der Waals surface area contributed by atoms with Crippen LogP contribution in [-0.4, -0.2) is 15.9 Å². The van der Waals surface area contributed by atoms with Gasteiger partial charge in [-0.25, -0.2) is 4.39 Å². The van der Waals surface area contributed by atoms with Crippen molar-refractivity contribution in [2.24, 2.45) is 0 Å². The fourth-order valence-corrected chi connectivity index (χ4v) is 2.01. The number of thioether (sulfide) groups is 1. The topological polar surface area (TPSA) is 30.0 Å². The molecule has 0 spiro atoms. The lowest BCUT2D eigenvalue weighted by atomic mass is 10.1. The molecule has 2 nitrogen and oxygen atoms in total. The van der Waals surface area contributed by atoms with Gasteiger partial charge in [-0.05, 0) is 12.1 Å². The van der Waals surface area contributed by atoms with Crippen LogP contribution in [0.4, 0.5) is 4.39 Å². The van der Waals surface area contributed by atoms with E-state index in [1.807, 2.05) is 12.1 Å². The van der Waals surface area contributed by atoms with Crippen molar-refractivity contribution in [1.29, 1.82) is 0 Å². The average molecular weight is 261 g/mol. The summed E-state index contributed by atoms with van der Waals surface area (Å²) in [5.74, 6) is 0.255. The molecule has 2 aromatic rings. The Balaban J connectivity index is 2.22. The summed E-state index contributed by atoms with van der Waals surface area (Å²) in [5.41, 5.74) is 1.16. The van der Waals surface area contributed by atoms with Crippen LogP contribution in [0.3, 0.4) is 0 Å². The van der Waals surface area contributed by atoms with Crippen molar-refractivity contribution in [3.8, 4) is 0 Å². The van der Waals surface area contributed by atoms with Gasteiger partial charge in [-0.3, -0.25) is 9.78 Å². The highest BCUT2D eigenvalue weighted by atomic mass is 32.2. The maximum atomic E-state index is 13.7. The SMILES string of the molecule is CC(=O)SCC=Cc1cc2cccnc2cc1F. The first kappa shape index (κ1) is 12.8. The van der Waals surface area contributed by atoms with Crippen molar-refractivity contribution in [2.75, 3.05) is 5.75 Å². The van der Waals surface area contributed by atoms with Gasteiger partial charge >= 0.3 is 0 Å². The molecule has 18 heavy (non-hydrogen) atoms.